The van der Waals surface area contributed by atoms with E-state index in [0.29, 0.717) is 19.0 Å². The number of thiophene rings is 1. The molecule has 3 N–H and O–H groups in total. The average molecular weight is 486 g/mol. The summed E-state index contributed by atoms with van der Waals surface area (Å²) in [6, 6.07) is 14.1. The second-order valence-electron chi connectivity index (χ2n) is 5.53. The van der Waals surface area contributed by atoms with Gasteiger partial charge < -0.3 is 16.0 Å². The lowest BCUT2D eigenvalue weighted by Gasteiger charge is -2.10. The summed E-state index contributed by atoms with van der Waals surface area (Å²) >= 11 is 1.80. The summed E-state index contributed by atoms with van der Waals surface area (Å²) in [5.74, 6) is 0.564. The molecular formula is C19H27IN4OS. The number of carbonyl (C=O) groups is 1. The Morgan fingerprint density at radius 2 is 1.69 bits per heavy atom. The van der Waals surface area contributed by atoms with E-state index >= 15 is 0 Å². The van der Waals surface area contributed by atoms with Gasteiger partial charge in [-0.1, -0.05) is 37.3 Å². The Balaban J connectivity index is 0.00000338. The lowest BCUT2D eigenvalue weighted by atomic mass is 10.2. The zero-order valence-electron chi connectivity index (χ0n) is 15.2. The lowest BCUT2D eigenvalue weighted by Crippen LogP contribution is -2.38. The van der Waals surface area contributed by atoms with E-state index in [2.05, 4.69) is 40.0 Å². The molecule has 2 rings (SSSR count). The number of hydrogen-bond donors (Lipinski definition) is 3. The lowest BCUT2D eigenvalue weighted by molar-refractivity contribution is -0.119. The fourth-order valence-corrected chi connectivity index (χ4v) is 3.12. The summed E-state index contributed by atoms with van der Waals surface area (Å²) in [4.78, 5) is 19.0. The highest BCUT2D eigenvalue weighted by Crippen LogP contribution is 2.16. The molecule has 0 saturated heterocycles. The third kappa shape index (κ3) is 8.18. The first-order valence-corrected chi connectivity index (χ1v) is 9.43. The number of aryl methyl sites for hydroxylation is 1. The Morgan fingerprint density at radius 1 is 0.962 bits per heavy atom. The number of hydrogen-bond acceptors (Lipinski definition) is 3. The smallest absolute Gasteiger partial charge is 0.242 e. The number of nitrogens with zero attached hydrogens (tertiary/aromatic N) is 1. The van der Waals surface area contributed by atoms with Crippen molar-refractivity contribution in [3.05, 3.63) is 57.8 Å². The summed E-state index contributed by atoms with van der Waals surface area (Å²) in [5.41, 5.74) is 1.08. The standard InChI is InChI=1S/C19H26N4OS.HI/c1-3-16-10-11-17(25-16)13-22-19(20-4-2)23-14-18(24)21-12-15-8-6-5-7-9-15;/h5-11H,3-4,12-14H2,1-2H3,(H,21,24)(H2,20,22,23);1H. The van der Waals surface area contributed by atoms with Gasteiger partial charge in [0.05, 0.1) is 6.54 Å². The Morgan fingerprint density at radius 3 is 2.35 bits per heavy atom. The first kappa shape index (κ1) is 22.4. The van der Waals surface area contributed by atoms with Gasteiger partial charge in [0.1, 0.15) is 6.54 Å². The monoisotopic (exact) mass is 486 g/mol. The van der Waals surface area contributed by atoms with Crippen molar-refractivity contribution < 1.29 is 4.79 Å². The quantitative estimate of drug-likeness (QED) is 0.305. The molecule has 1 aromatic carbocycles. The van der Waals surface area contributed by atoms with Gasteiger partial charge in [0.15, 0.2) is 5.96 Å². The van der Waals surface area contributed by atoms with Gasteiger partial charge in [0.25, 0.3) is 0 Å². The van der Waals surface area contributed by atoms with Crippen molar-refractivity contribution in [3.63, 3.8) is 0 Å². The van der Waals surface area contributed by atoms with Crippen LogP contribution < -0.4 is 16.0 Å². The molecule has 142 valence electrons. The SMILES string of the molecule is CCNC(=NCC(=O)NCc1ccccc1)NCc1ccc(CC)s1.I. The highest BCUT2D eigenvalue weighted by atomic mass is 127. The molecule has 2 aromatic rings. The van der Waals surface area contributed by atoms with E-state index in [1.54, 1.807) is 11.3 Å². The van der Waals surface area contributed by atoms with Crippen molar-refractivity contribution in [2.24, 2.45) is 4.99 Å². The molecule has 0 spiro atoms. The maximum absolute atomic E-state index is 12.0. The van der Waals surface area contributed by atoms with Crippen molar-refractivity contribution in [2.45, 2.75) is 33.4 Å². The van der Waals surface area contributed by atoms with Crippen LogP contribution in [0.3, 0.4) is 0 Å². The molecule has 26 heavy (non-hydrogen) atoms. The third-order valence-corrected chi connectivity index (χ3v) is 4.78. The zero-order chi connectivity index (χ0) is 17.9. The third-order valence-electron chi connectivity index (χ3n) is 3.55. The molecule has 0 aliphatic carbocycles. The van der Waals surface area contributed by atoms with E-state index < -0.39 is 0 Å². The molecule has 7 heteroatoms. The van der Waals surface area contributed by atoms with Crippen LogP contribution in [-0.2, 0) is 24.3 Å². The van der Waals surface area contributed by atoms with Crippen LogP contribution in [0.25, 0.3) is 0 Å². The number of rotatable bonds is 8. The summed E-state index contributed by atoms with van der Waals surface area (Å²) in [6.07, 6.45) is 1.06. The number of guanidine groups is 1. The number of benzene rings is 1. The van der Waals surface area contributed by atoms with E-state index in [1.807, 2.05) is 37.3 Å². The highest BCUT2D eigenvalue weighted by Gasteiger charge is 2.04. The molecule has 1 aromatic heterocycles. The molecule has 0 saturated carbocycles. The zero-order valence-corrected chi connectivity index (χ0v) is 18.4. The minimum Gasteiger partial charge on any atom is -0.357 e. The Labute approximate surface area is 176 Å². The fraction of sp³-hybridized carbons (Fsp3) is 0.368. The van der Waals surface area contributed by atoms with Gasteiger partial charge in [-0.25, -0.2) is 4.99 Å². The predicted octanol–water partition coefficient (Wildman–Crippen LogP) is 3.30. The molecule has 0 unspecified atom stereocenters. The van der Waals surface area contributed by atoms with E-state index in [4.69, 9.17) is 0 Å². The number of aliphatic imine (C=N–C) groups is 1. The Bertz CT molecular complexity index is 688. The summed E-state index contributed by atoms with van der Waals surface area (Å²) < 4.78 is 0. The second kappa shape index (κ2) is 12.7. The first-order valence-electron chi connectivity index (χ1n) is 8.61. The molecule has 0 bridgehead atoms. The maximum Gasteiger partial charge on any atom is 0.242 e. The minimum atomic E-state index is -0.0922. The molecular weight excluding hydrogens is 459 g/mol. The van der Waals surface area contributed by atoms with Gasteiger partial charge in [0.2, 0.25) is 5.91 Å². The van der Waals surface area contributed by atoms with Crippen molar-refractivity contribution in [1.29, 1.82) is 0 Å². The van der Waals surface area contributed by atoms with E-state index in [9.17, 15) is 4.79 Å². The van der Waals surface area contributed by atoms with Crippen LogP contribution in [0.2, 0.25) is 0 Å². The number of nitrogens with one attached hydrogen (secondary N) is 3. The number of halogens is 1. The highest BCUT2D eigenvalue weighted by molar-refractivity contribution is 14.0. The molecule has 0 aliphatic heterocycles. The van der Waals surface area contributed by atoms with Crippen molar-refractivity contribution >= 4 is 47.2 Å². The Hall–Kier alpha value is -1.61. The predicted molar refractivity (Wildman–Crippen MR) is 120 cm³/mol. The van der Waals surface area contributed by atoms with Crippen LogP contribution >= 0.6 is 35.3 Å². The molecule has 0 radical (unpaired) electrons. The summed E-state index contributed by atoms with van der Waals surface area (Å²) in [7, 11) is 0. The van der Waals surface area contributed by atoms with Crippen LogP contribution in [0.4, 0.5) is 0 Å². The maximum atomic E-state index is 12.0. The summed E-state index contributed by atoms with van der Waals surface area (Å²) in [5, 5.41) is 9.32. The van der Waals surface area contributed by atoms with Crippen molar-refractivity contribution in [1.82, 2.24) is 16.0 Å². The molecule has 5 nitrogen and oxygen atoms in total. The van der Waals surface area contributed by atoms with Gasteiger partial charge >= 0.3 is 0 Å². The minimum absolute atomic E-state index is 0. The van der Waals surface area contributed by atoms with E-state index in [-0.39, 0.29) is 36.4 Å². The van der Waals surface area contributed by atoms with Crippen LogP contribution in [-0.4, -0.2) is 25.0 Å². The van der Waals surface area contributed by atoms with Gasteiger partial charge in [-0.2, -0.15) is 0 Å². The van der Waals surface area contributed by atoms with Crippen molar-refractivity contribution in [3.8, 4) is 0 Å². The topological polar surface area (TPSA) is 65.5 Å². The van der Waals surface area contributed by atoms with Gasteiger partial charge in [-0.3, -0.25) is 4.79 Å². The number of carbonyl (C=O) groups excluding carboxylic acids is 1. The molecule has 0 fully saturated rings. The molecule has 0 atom stereocenters. The number of amides is 1. The van der Waals surface area contributed by atoms with Gasteiger partial charge in [-0.15, -0.1) is 35.3 Å². The van der Waals surface area contributed by atoms with E-state index in [0.717, 1.165) is 18.5 Å². The fourth-order valence-electron chi connectivity index (χ4n) is 2.22. The molecule has 1 heterocycles. The van der Waals surface area contributed by atoms with Crippen LogP contribution in [0.15, 0.2) is 47.5 Å². The largest absolute Gasteiger partial charge is 0.357 e. The second-order valence-corrected chi connectivity index (χ2v) is 6.79. The van der Waals surface area contributed by atoms with Gasteiger partial charge in [-0.05, 0) is 31.0 Å². The average Bonchev–Trinajstić information content (AvgIpc) is 3.11. The summed E-state index contributed by atoms with van der Waals surface area (Å²) in [6.45, 7) is 6.25. The molecule has 1 amide bonds. The molecule has 0 aliphatic rings. The van der Waals surface area contributed by atoms with Crippen molar-refractivity contribution in [2.75, 3.05) is 13.1 Å². The Kier molecular flexibility index (Phi) is 11.0. The normalized spacial score (nSPS) is 10.8. The van der Waals surface area contributed by atoms with Crippen LogP contribution in [0, 0.1) is 0 Å². The van der Waals surface area contributed by atoms with Crippen LogP contribution in [0.1, 0.15) is 29.2 Å². The van der Waals surface area contributed by atoms with Crippen LogP contribution in [0.5, 0.6) is 0 Å². The van der Waals surface area contributed by atoms with Gasteiger partial charge in [0, 0.05) is 22.8 Å². The van der Waals surface area contributed by atoms with E-state index in [1.165, 1.54) is 9.75 Å². The first-order chi connectivity index (χ1) is 12.2.